The molecule has 0 aromatic carbocycles. The minimum Gasteiger partial charge on any atom is -0.462 e. The predicted octanol–water partition coefficient (Wildman–Crippen LogP) is 16.1. The number of carbonyl (C=O) groups excluding carboxylic acids is 3. The topological polar surface area (TPSA) is 78.9 Å². The van der Waals surface area contributed by atoms with Gasteiger partial charge in [0.1, 0.15) is 13.2 Å². The van der Waals surface area contributed by atoms with Gasteiger partial charge in [-0.15, -0.1) is 0 Å². The van der Waals surface area contributed by atoms with Crippen molar-refractivity contribution in [3.05, 3.63) is 60.8 Å². The van der Waals surface area contributed by atoms with Crippen LogP contribution in [0.2, 0.25) is 0 Å². The Hall–Kier alpha value is -2.89. The summed E-state index contributed by atoms with van der Waals surface area (Å²) in [5.74, 6) is -0.922. The Morgan fingerprint density at radius 1 is 0.356 bits per heavy atom. The van der Waals surface area contributed by atoms with Crippen molar-refractivity contribution < 1.29 is 28.6 Å². The van der Waals surface area contributed by atoms with E-state index in [0.29, 0.717) is 19.3 Å². The van der Waals surface area contributed by atoms with Gasteiger partial charge in [0.15, 0.2) is 6.10 Å². The second-order valence-electron chi connectivity index (χ2n) is 16.3. The molecule has 59 heavy (non-hydrogen) atoms. The molecule has 0 aliphatic heterocycles. The molecule has 6 heteroatoms. The van der Waals surface area contributed by atoms with Crippen molar-refractivity contribution in [2.75, 3.05) is 13.2 Å². The predicted molar refractivity (Wildman–Crippen MR) is 251 cm³/mol. The molecule has 0 aromatic rings. The fraction of sp³-hybridized carbons (Fsp3) is 0.755. The number of rotatable bonds is 44. The van der Waals surface area contributed by atoms with Crippen LogP contribution in [0.25, 0.3) is 0 Å². The fourth-order valence-corrected chi connectivity index (χ4v) is 6.73. The van der Waals surface area contributed by atoms with Crippen LogP contribution in [0, 0.1) is 0 Å². The quantitative estimate of drug-likeness (QED) is 0.0263. The Morgan fingerprint density at radius 2 is 0.678 bits per heavy atom. The Bertz CT molecular complexity index is 1090. The molecule has 0 fully saturated rings. The summed E-state index contributed by atoms with van der Waals surface area (Å²) in [5.41, 5.74) is 0. The maximum absolute atomic E-state index is 12.8. The number of ether oxygens (including phenoxy) is 3. The monoisotopic (exact) mass is 825 g/mol. The third-order valence-corrected chi connectivity index (χ3v) is 10.5. The maximum atomic E-state index is 12.8. The smallest absolute Gasteiger partial charge is 0.306 e. The zero-order chi connectivity index (χ0) is 43.0. The van der Waals surface area contributed by atoms with Crippen LogP contribution in [-0.4, -0.2) is 37.2 Å². The largest absolute Gasteiger partial charge is 0.462 e. The molecule has 0 aliphatic carbocycles. The first-order valence-electron chi connectivity index (χ1n) is 24.8. The molecule has 0 saturated carbocycles. The van der Waals surface area contributed by atoms with Crippen molar-refractivity contribution in [2.24, 2.45) is 0 Å². The normalized spacial score (nSPS) is 12.5. The third kappa shape index (κ3) is 46.0. The van der Waals surface area contributed by atoms with Crippen LogP contribution in [0.3, 0.4) is 0 Å². The van der Waals surface area contributed by atoms with E-state index < -0.39 is 6.10 Å². The zero-order valence-electron chi connectivity index (χ0n) is 38.8. The van der Waals surface area contributed by atoms with E-state index in [1.165, 1.54) is 83.5 Å². The van der Waals surface area contributed by atoms with Crippen LogP contribution in [0.15, 0.2) is 60.8 Å². The van der Waals surface area contributed by atoms with E-state index in [-0.39, 0.29) is 31.1 Å². The lowest BCUT2D eigenvalue weighted by Crippen LogP contribution is -2.30. The van der Waals surface area contributed by atoms with E-state index in [9.17, 15) is 14.4 Å². The van der Waals surface area contributed by atoms with Crippen molar-refractivity contribution >= 4 is 17.9 Å². The average molecular weight is 825 g/mol. The van der Waals surface area contributed by atoms with Crippen molar-refractivity contribution in [2.45, 2.75) is 245 Å². The molecule has 6 nitrogen and oxygen atoms in total. The van der Waals surface area contributed by atoms with E-state index in [1.54, 1.807) is 0 Å². The first-order valence-corrected chi connectivity index (χ1v) is 24.8. The molecule has 0 amide bonds. The standard InChI is InChI=1S/C53H92O6/c1-4-7-10-13-16-19-22-24-26-28-31-34-37-40-43-46-52(55)58-49-50(48-57-51(54)45-42-39-36-33-30-21-18-15-12-9-6-3)59-53(56)47-44-41-38-35-32-29-27-25-23-20-17-14-11-8-5-2/h7,10,15-16,18-19,24-27,50H,4-6,8-9,11-14,17,20-23,28-49H2,1-3H3/b10-7-,18-15-,19-16-,26-24-,27-25-. The van der Waals surface area contributed by atoms with Crippen LogP contribution >= 0.6 is 0 Å². The Morgan fingerprint density at radius 3 is 1.10 bits per heavy atom. The number of esters is 3. The summed E-state index contributed by atoms with van der Waals surface area (Å²) in [5, 5.41) is 0. The van der Waals surface area contributed by atoms with Crippen LogP contribution in [0.4, 0.5) is 0 Å². The average Bonchev–Trinajstić information content (AvgIpc) is 3.23. The van der Waals surface area contributed by atoms with Crippen LogP contribution in [0.5, 0.6) is 0 Å². The highest BCUT2D eigenvalue weighted by Crippen LogP contribution is 2.14. The van der Waals surface area contributed by atoms with E-state index in [4.69, 9.17) is 14.2 Å². The van der Waals surface area contributed by atoms with E-state index in [0.717, 1.165) is 116 Å². The van der Waals surface area contributed by atoms with E-state index in [2.05, 4.69) is 81.5 Å². The van der Waals surface area contributed by atoms with Gasteiger partial charge < -0.3 is 14.2 Å². The highest BCUT2D eigenvalue weighted by molar-refractivity contribution is 5.71. The van der Waals surface area contributed by atoms with Gasteiger partial charge in [0.05, 0.1) is 0 Å². The second-order valence-corrected chi connectivity index (χ2v) is 16.3. The van der Waals surface area contributed by atoms with Gasteiger partial charge in [0.25, 0.3) is 0 Å². The highest BCUT2D eigenvalue weighted by atomic mass is 16.6. The van der Waals surface area contributed by atoms with E-state index in [1.807, 2.05) is 0 Å². The number of allylic oxidation sites excluding steroid dienone is 10. The Balaban J connectivity index is 4.42. The number of carbonyl (C=O) groups is 3. The Kier molecular flexibility index (Phi) is 45.4. The summed E-state index contributed by atoms with van der Waals surface area (Å²) in [6.45, 7) is 6.45. The van der Waals surface area contributed by atoms with Crippen LogP contribution in [0.1, 0.15) is 239 Å². The molecule has 0 rings (SSSR count). The number of unbranched alkanes of at least 4 members (excludes halogenated alkanes) is 23. The van der Waals surface area contributed by atoms with Crippen molar-refractivity contribution in [1.29, 1.82) is 0 Å². The minimum absolute atomic E-state index is 0.0877. The highest BCUT2D eigenvalue weighted by Gasteiger charge is 2.19. The first kappa shape index (κ1) is 56.1. The van der Waals surface area contributed by atoms with Crippen LogP contribution in [-0.2, 0) is 28.6 Å². The van der Waals surface area contributed by atoms with Gasteiger partial charge in [-0.05, 0) is 96.3 Å². The molecule has 0 aromatic heterocycles. The lowest BCUT2D eigenvalue weighted by atomic mass is 10.1. The lowest BCUT2D eigenvalue weighted by Gasteiger charge is -2.18. The molecule has 0 aliphatic rings. The number of hydrogen-bond acceptors (Lipinski definition) is 6. The van der Waals surface area contributed by atoms with E-state index >= 15 is 0 Å². The summed E-state index contributed by atoms with van der Waals surface area (Å²) in [6.07, 6.45) is 57.7. The molecule has 0 radical (unpaired) electrons. The fourth-order valence-electron chi connectivity index (χ4n) is 6.73. The SMILES string of the molecule is CC/C=C\C/C=C\C/C=C\CCCCCCCC(=O)OCC(COC(=O)CCCCCCC/C=C\CCCC)OC(=O)CCCCCCC/C=C\CCCCCCCC. The third-order valence-electron chi connectivity index (χ3n) is 10.5. The van der Waals surface area contributed by atoms with Gasteiger partial charge in [0.2, 0.25) is 0 Å². The number of hydrogen-bond donors (Lipinski definition) is 0. The molecule has 1 atom stereocenters. The minimum atomic E-state index is -0.787. The summed E-state index contributed by atoms with van der Waals surface area (Å²) >= 11 is 0. The van der Waals surface area contributed by atoms with Gasteiger partial charge in [-0.1, -0.05) is 184 Å². The first-order chi connectivity index (χ1) is 29.0. The second kappa shape index (κ2) is 47.8. The zero-order valence-corrected chi connectivity index (χ0v) is 38.8. The molecule has 0 N–H and O–H groups in total. The molecule has 0 heterocycles. The van der Waals surface area contributed by atoms with Gasteiger partial charge in [-0.25, -0.2) is 0 Å². The molecule has 0 bridgehead atoms. The summed E-state index contributed by atoms with van der Waals surface area (Å²) < 4.78 is 16.7. The molecular weight excluding hydrogens is 733 g/mol. The molecule has 0 saturated heterocycles. The molecule has 0 spiro atoms. The van der Waals surface area contributed by atoms with Crippen molar-refractivity contribution in [3.8, 4) is 0 Å². The maximum Gasteiger partial charge on any atom is 0.306 e. The summed E-state index contributed by atoms with van der Waals surface area (Å²) in [4.78, 5) is 37.9. The lowest BCUT2D eigenvalue weighted by molar-refractivity contribution is -0.167. The van der Waals surface area contributed by atoms with Crippen molar-refractivity contribution in [1.82, 2.24) is 0 Å². The van der Waals surface area contributed by atoms with Gasteiger partial charge in [0, 0.05) is 19.3 Å². The molecule has 340 valence electrons. The van der Waals surface area contributed by atoms with Gasteiger partial charge in [-0.2, -0.15) is 0 Å². The van der Waals surface area contributed by atoms with Gasteiger partial charge >= 0.3 is 17.9 Å². The molecule has 1 unspecified atom stereocenters. The van der Waals surface area contributed by atoms with Crippen molar-refractivity contribution in [3.63, 3.8) is 0 Å². The Labute approximate surface area is 364 Å². The molecular formula is C53H92O6. The van der Waals surface area contributed by atoms with Gasteiger partial charge in [-0.3, -0.25) is 14.4 Å². The summed E-state index contributed by atoms with van der Waals surface area (Å²) in [7, 11) is 0. The summed E-state index contributed by atoms with van der Waals surface area (Å²) in [6, 6.07) is 0. The van der Waals surface area contributed by atoms with Crippen LogP contribution < -0.4 is 0 Å².